The fraction of sp³-hybridized carbons (Fsp3) is 0.909. The maximum atomic E-state index is 11.5. The van der Waals surface area contributed by atoms with E-state index < -0.39 is 6.04 Å². The molecule has 0 saturated carbocycles. The van der Waals surface area contributed by atoms with E-state index in [0.717, 1.165) is 12.8 Å². The molecule has 0 aliphatic carbocycles. The van der Waals surface area contributed by atoms with Gasteiger partial charge < -0.3 is 10.1 Å². The lowest BCUT2D eigenvalue weighted by Gasteiger charge is -2.12. The zero-order valence-corrected chi connectivity index (χ0v) is 18.0. The van der Waals surface area contributed by atoms with Crippen LogP contribution in [0, 0.1) is 0 Å². The second-order valence-corrected chi connectivity index (χ2v) is 6.95. The topological polar surface area (TPSA) is 55.4 Å². The van der Waals surface area contributed by atoms with Crippen molar-refractivity contribution in [1.29, 1.82) is 0 Å². The number of unbranched alkanes of at least 4 members (excludes halogenated alkanes) is 11. The molecule has 1 unspecified atom stereocenters. The molecule has 0 radical (unpaired) electrons. The molecular weight excluding hydrogens is 326 g/mol. The highest BCUT2D eigenvalue weighted by atomic mass is 16.5. The number of nitrogens with one attached hydrogen (secondary N) is 1. The van der Waals surface area contributed by atoms with Crippen LogP contribution >= 0.6 is 0 Å². The molecule has 1 amide bonds. The van der Waals surface area contributed by atoms with Crippen LogP contribution in [-0.2, 0) is 14.3 Å². The largest absolute Gasteiger partial charge is 0.464 e. The van der Waals surface area contributed by atoms with Gasteiger partial charge in [-0.05, 0) is 12.8 Å². The Kier molecular flexibility index (Phi) is 25.0. The molecule has 0 fully saturated rings. The summed E-state index contributed by atoms with van der Waals surface area (Å²) in [7, 11) is 0. The molecule has 0 aliphatic heterocycles. The molecule has 156 valence electrons. The standard InChI is InChI=1S/C13H25NO3.C9H20/c1-3-5-6-7-8-9-10-17-13(16)12(4-2)14-11-15;1-3-5-7-9-8-6-4-2/h11-12H,3-10H2,1-2H3,(H,14,15);3-9H2,1-2H3. The molecule has 1 atom stereocenters. The highest BCUT2D eigenvalue weighted by Crippen LogP contribution is 2.06. The molecule has 4 nitrogen and oxygen atoms in total. The third-order valence-corrected chi connectivity index (χ3v) is 4.41. The Morgan fingerprint density at radius 1 is 0.769 bits per heavy atom. The normalized spacial score (nSPS) is 11.2. The van der Waals surface area contributed by atoms with Crippen LogP contribution in [-0.4, -0.2) is 25.0 Å². The monoisotopic (exact) mass is 371 g/mol. The second kappa shape index (κ2) is 23.9. The molecule has 4 heteroatoms. The Morgan fingerprint density at radius 3 is 1.58 bits per heavy atom. The minimum atomic E-state index is -0.493. The first-order valence-corrected chi connectivity index (χ1v) is 11.0. The summed E-state index contributed by atoms with van der Waals surface area (Å²) in [4.78, 5) is 21.7. The quantitative estimate of drug-likeness (QED) is 0.189. The van der Waals surface area contributed by atoms with Gasteiger partial charge in [0.2, 0.25) is 6.41 Å². The van der Waals surface area contributed by atoms with E-state index in [1.165, 1.54) is 70.6 Å². The van der Waals surface area contributed by atoms with Crippen LogP contribution < -0.4 is 5.32 Å². The Labute approximate surface area is 162 Å². The zero-order chi connectivity index (χ0) is 19.9. The Hall–Kier alpha value is -1.06. The van der Waals surface area contributed by atoms with Gasteiger partial charge in [0, 0.05) is 0 Å². The van der Waals surface area contributed by atoms with Crippen molar-refractivity contribution in [3.63, 3.8) is 0 Å². The van der Waals surface area contributed by atoms with Crippen molar-refractivity contribution >= 4 is 12.4 Å². The summed E-state index contributed by atoms with van der Waals surface area (Å²) in [5, 5.41) is 2.45. The molecule has 0 rings (SSSR count). The third kappa shape index (κ3) is 21.0. The number of esters is 1. The molecule has 0 aliphatic rings. The first kappa shape index (κ1) is 27.2. The van der Waals surface area contributed by atoms with Gasteiger partial charge in [-0.15, -0.1) is 0 Å². The van der Waals surface area contributed by atoms with Crippen LogP contribution in [0.4, 0.5) is 0 Å². The molecule has 1 N–H and O–H groups in total. The molecule has 0 bridgehead atoms. The maximum Gasteiger partial charge on any atom is 0.328 e. The summed E-state index contributed by atoms with van der Waals surface area (Å²) in [5.74, 6) is -0.326. The van der Waals surface area contributed by atoms with E-state index in [1.807, 2.05) is 6.92 Å². The number of carbonyl (C=O) groups is 2. The zero-order valence-electron chi connectivity index (χ0n) is 18.0. The molecule has 0 heterocycles. The average Bonchev–Trinajstić information content (AvgIpc) is 2.65. The molecule has 0 aromatic carbocycles. The lowest BCUT2D eigenvalue weighted by molar-refractivity contribution is -0.147. The van der Waals surface area contributed by atoms with Crippen molar-refractivity contribution < 1.29 is 14.3 Å². The summed E-state index contributed by atoms with van der Waals surface area (Å²) >= 11 is 0. The van der Waals surface area contributed by atoms with Gasteiger partial charge in [0.25, 0.3) is 0 Å². The summed E-state index contributed by atoms with van der Waals surface area (Å²) in [5.41, 5.74) is 0. The van der Waals surface area contributed by atoms with E-state index in [0.29, 0.717) is 19.4 Å². The number of carbonyl (C=O) groups excluding carboxylic acids is 2. The lowest BCUT2D eigenvalue weighted by atomic mass is 10.1. The Bertz CT molecular complexity index is 289. The SMILES string of the molecule is CCCCCCCCC.CCCCCCCCOC(=O)C(CC)NC=O. The minimum absolute atomic E-state index is 0.326. The van der Waals surface area contributed by atoms with E-state index >= 15 is 0 Å². The first-order valence-electron chi connectivity index (χ1n) is 11.0. The van der Waals surface area contributed by atoms with Gasteiger partial charge in [-0.25, -0.2) is 4.79 Å². The minimum Gasteiger partial charge on any atom is -0.464 e. The van der Waals surface area contributed by atoms with Gasteiger partial charge in [0.1, 0.15) is 6.04 Å². The van der Waals surface area contributed by atoms with Crippen molar-refractivity contribution in [2.24, 2.45) is 0 Å². The van der Waals surface area contributed by atoms with E-state index in [2.05, 4.69) is 26.1 Å². The number of amides is 1. The molecular formula is C22H45NO3. The van der Waals surface area contributed by atoms with Gasteiger partial charge in [0.15, 0.2) is 0 Å². The highest BCUT2D eigenvalue weighted by molar-refractivity contribution is 5.78. The fourth-order valence-electron chi connectivity index (χ4n) is 2.62. The molecule has 0 aromatic rings. The fourth-order valence-corrected chi connectivity index (χ4v) is 2.62. The van der Waals surface area contributed by atoms with Crippen molar-refractivity contribution in [3.8, 4) is 0 Å². The van der Waals surface area contributed by atoms with Crippen LogP contribution in [0.15, 0.2) is 0 Å². The number of rotatable bonds is 17. The average molecular weight is 372 g/mol. The predicted molar refractivity (Wildman–Crippen MR) is 111 cm³/mol. The van der Waals surface area contributed by atoms with Crippen LogP contribution in [0.2, 0.25) is 0 Å². The van der Waals surface area contributed by atoms with Crippen molar-refractivity contribution in [1.82, 2.24) is 5.32 Å². The van der Waals surface area contributed by atoms with Gasteiger partial charge in [-0.2, -0.15) is 0 Å². The number of hydrogen-bond donors (Lipinski definition) is 1. The smallest absolute Gasteiger partial charge is 0.328 e. The van der Waals surface area contributed by atoms with E-state index in [-0.39, 0.29) is 5.97 Å². The van der Waals surface area contributed by atoms with Crippen LogP contribution in [0.5, 0.6) is 0 Å². The van der Waals surface area contributed by atoms with Crippen molar-refractivity contribution in [3.05, 3.63) is 0 Å². The number of hydrogen-bond acceptors (Lipinski definition) is 3. The third-order valence-electron chi connectivity index (χ3n) is 4.41. The summed E-state index contributed by atoms with van der Waals surface area (Å²) in [6.45, 7) is 9.02. The molecule has 0 spiro atoms. The summed E-state index contributed by atoms with van der Waals surface area (Å²) < 4.78 is 5.09. The van der Waals surface area contributed by atoms with Crippen LogP contribution in [0.3, 0.4) is 0 Å². The van der Waals surface area contributed by atoms with E-state index in [4.69, 9.17) is 4.74 Å². The molecule has 26 heavy (non-hydrogen) atoms. The molecule has 0 saturated heterocycles. The Balaban J connectivity index is 0. The summed E-state index contributed by atoms with van der Waals surface area (Å²) in [6, 6.07) is -0.493. The second-order valence-electron chi connectivity index (χ2n) is 6.95. The molecule has 0 aromatic heterocycles. The first-order chi connectivity index (χ1) is 12.7. The van der Waals surface area contributed by atoms with Gasteiger partial charge in [0.05, 0.1) is 6.61 Å². The van der Waals surface area contributed by atoms with E-state index in [1.54, 1.807) is 0 Å². The van der Waals surface area contributed by atoms with Crippen LogP contribution in [0.25, 0.3) is 0 Å². The van der Waals surface area contributed by atoms with Crippen LogP contribution in [0.1, 0.15) is 118 Å². The lowest BCUT2D eigenvalue weighted by Crippen LogP contribution is -2.36. The Morgan fingerprint density at radius 2 is 1.19 bits per heavy atom. The number of ether oxygens (including phenoxy) is 1. The predicted octanol–water partition coefficient (Wildman–Crippen LogP) is 6.17. The van der Waals surface area contributed by atoms with E-state index in [9.17, 15) is 9.59 Å². The van der Waals surface area contributed by atoms with Gasteiger partial charge in [-0.3, -0.25) is 4.79 Å². The van der Waals surface area contributed by atoms with Gasteiger partial charge >= 0.3 is 5.97 Å². The maximum absolute atomic E-state index is 11.5. The summed E-state index contributed by atoms with van der Waals surface area (Å²) in [6.07, 6.45) is 18.1. The highest BCUT2D eigenvalue weighted by Gasteiger charge is 2.16. The van der Waals surface area contributed by atoms with Crippen molar-refractivity contribution in [2.75, 3.05) is 6.61 Å². The van der Waals surface area contributed by atoms with Crippen molar-refractivity contribution in [2.45, 2.75) is 124 Å². The van der Waals surface area contributed by atoms with Gasteiger partial charge in [-0.1, -0.05) is 105 Å².